The summed E-state index contributed by atoms with van der Waals surface area (Å²) in [6, 6.07) is 6.35. The summed E-state index contributed by atoms with van der Waals surface area (Å²) in [7, 11) is 0. The van der Waals surface area contributed by atoms with E-state index < -0.39 is 0 Å². The lowest BCUT2D eigenvalue weighted by molar-refractivity contribution is 0.313. The maximum Gasteiger partial charge on any atom is 0.280 e. The molecule has 1 N–H and O–H groups in total. The van der Waals surface area contributed by atoms with Crippen LogP contribution in [0.2, 0.25) is 0 Å². The molecule has 106 valence electrons. The quantitative estimate of drug-likeness (QED) is 0.781. The van der Waals surface area contributed by atoms with Crippen molar-refractivity contribution in [2.45, 2.75) is 6.04 Å². The van der Waals surface area contributed by atoms with Gasteiger partial charge in [-0.05, 0) is 12.1 Å². The highest BCUT2D eigenvalue weighted by Crippen LogP contribution is 2.22. The highest BCUT2D eigenvalue weighted by atomic mass is 19.1. The molecule has 0 radical (unpaired) electrons. The average molecular weight is 286 g/mol. The fraction of sp³-hybridized carbons (Fsp3) is 0.231. The molecule has 0 bridgehead atoms. The molecule has 0 amide bonds. The van der Waals surface area contributed by atoms with Crippen LogP contribution in [0.25, 0.3) is 23.0 Å². The van der Waals surface area contributed by atoms with E-state index in [2.05, 4.69) is 25.8 Å². The minimum Gasteiger partial charge on any atom is -0.332 e. The van der Waals surface area contributed by atoms with Gasteiger partial charge in [-0.1, -0.05) is 22.5 Å². The minimum absolute atomic E-state index is 0.271. The van der Waals surface area contributed by atoms with Crippen molar-refractivity contribution in [2.24, 2.45) is 0 Å². The fourth-order valence-corrected chi connectivity index (χ4v) is 2.09. The zero-order valence-electron chi connectivity index (χ0n) is 10.9. The van der Waals surface area contributed by atoms with Crippen LogP contribution in [0, 0.1) is 5.82 Å². The van der Waals surface area contributed by atoms with Gasteiger partial charge < -0.3 is 9.84 Å². The van der Waals surface area contributed by atoms with Crippen LogP contribution < -0.4 is 5.32 Å². The predicted octanol–water partition coefficient (Wildman–Crippen LogP) is 1.28. The molecule has 3 heterocycles. The molecule has 1 saturated heterocycles. The Morgan fingerprint density at radius 1 is 1.33 bits per heavy atom. The molecule has 1 aliphatic rings. The van der Waals surface area contributed by atoms with Crippen LogP contribution in [0.3, 0.4) is 0 Å². The summed E-state index contributed by atoms with van der Waals surface area (Å²) in [6.45, 7) is 1.75. The molecule has 21 heavy (non-hydrogen) atoms. The lowest BCUT2D eigenvalue weighted by Crippen LogP contribution is -2.43. The Labute approximate surface area is 118 Å². The second-order valence-corrected chi connectivity index (χ2v) is 4.83. The molecule has 1 fully saturated rings. The topological polar surface area (TPSA) is 81.7 Å². The fourth-order valence-electron chi connectivity index (χ4n) is 2.09. The first-order valence-corrected chi connectivity index (χ1v) is 6.52. The zero-order chi connectivity index (χ0) is 14.2. The first kappa shape index (κ1) is 12.2. The van der Waals surface area contributed by atoms with Crippen LogP contribution in [0.4, 0.5) is 4.39 Å². The van der Waals surface area contributed by atoms with Gasteiger partial charge in [0.05, 0.1) is 12.2 Å². The molecule has 2 aromatic heterocycles. The molecule has 8 heteroatoms. The van der Waals surface area contributed by atoms with Crippen molar-refractivity contribution < 1.29 is 8.91 Å². The third-order valence-corrected chi connectivity index (χ3v) is 3.37. The van der Waals surface area contributed by atoms with Crippen LogP contribution in [0.15, 0.2) is 35.0 Å². The van der Waals surface area contributed by atoms with Crippen molar-refractivity contribution in [3.63, 3.8) is 0 Å². The van der Waals surface area contributed by atoms with Gasteiger partial charge in [-0.15, -0.1) is 5.10 Å². The van der Waals surface area contributed by atoms with E-state index in [0.717, 1.165) is 13.1 Å². The Balaban J connectivity index is 1.63. The van der Waals surface area contributed by atoms with Crippen molar-refractivity contribution >= 4 is 0 Å². The van der Waals surface area contributed by atoms with E-state index in [1.807, 2.05) is 0 Å². The monoisotopic (exact) mass is 286 g/mol. The third-order valence-electron chi connectivity index (χ3n) is 3.37. The minimum atomic E-state index is -0.345. The lowest BCUT2D eigenvalue weighted by Gasteiger charge is -2.26. The van der Waals surface area contributed by atoms with E-state index in [9.17, 15) is 4.39 Å². The molecule has 4 rings (SSSR count). The van der Waals surface area contributed by atoms with E-state index in [-0.39, 0.29) is 11.7 Å². The van der Waals surface area contributed by atoms with Crippen LogP contribution in [0.5, 0.6) is 0 Å². The lowest BCUT2D eigenvalue weighted by atomic mass is 10.2. The van der Waals surface area contributed by atoms with Crippen LogP contribution in [-0.4, -0.2) is 38.2 Å². The summed E-state index contributed by atoms with van der Waals surface area (Å²) in [5.41, 5.74) is 1.07. The second kappa shape index (κ2) is 4.74. The second-order valence-electron chi connectivity index (χ2n) is 4.83. The van der Waals surface area contributed by atoms with Gasteiger partial charge in [0.15, 0.2) is 5.69 Å². The van der Waals surface area contributed by atoms with Gasteiger partial charge in [-0.25, -0.2) is 9.07 Å². The van der Waals surface area contributed by atoms with Crippen molar-refractivity contribution in [1.29, 1.82) is 0 Å². The Morgan fingerprint density at radius 3 is 3.00 bits per heavy atom. The van der Waals surface area contributed by atoms with E-state index in [1.165, 1.54) is 12.1 Å². The van der Waals surface area contributed by atoms with E-state index in [4.69, 9.17) is 4.52 Å². The number of nitrogens with one attached hydrogen (secondary N) is 1. The highest BCUT2D eigenvalue weighted by Gasteiger charge is 2.22. The van der Waals surface area contributed by atoms with Gasteiger partial charge in [0.2, 0.25) is 5.82 Å². The Morgan fingerprint density at radius 2 is 2.24 bits per heavy atom. The molecule has 1 aliphatic heterocycles. The Hall–Kier alpha value is -2.61. The van der Waals surface area contributed by atoms with Gasteiger partial charge in [0.25, 0.3) is 5.89 Å². The SMILES string of the molecule is Fc1cccc(-c2noc(-c3cn(C4CNC4)nn3)n2)c1. The first-order valence-electron chi connectivity index (χ1n) is 6.52. The summed E-state index contributed by atoms with van der Waals surface area (Å²) < 4.78 is 20.2. The maximum absolute atomic E-state index is 13.2. The summed E-state index contributed by atoms with van der Waals surface area (Å²) in [4.78, 5) is 4.23. The number of benzene rings is 1. The number of hydrogen-bond acceptors (Lipinski definition) is 6. The molecule has 0 atom stereocenters. The Kier molecular flexibility index (Phi) is 2.74. The molecular weight excluding hydrogens is 275 g/mol. The van der Waals surface area contributed by atoms with Gasteiger partial charge >= 0.3 is 0 Å². The highest BCUT2D eigenvalue weighted by molar-refractivity contribution is 5.57. The van der Waals surface area contributed by atoms with Crippen LogP contribution >= 0.6 is 0 Å². The normalized spacial score (nSPS) is 15.1. The molecule has 0 saturated carbocycles. The molecule has 0 unspecified atom stereocenters. The summed E-state index contributed by atoms with van der Waals surface area (Å²) >= 11 is 0. The van der Waals surface area contributed by atoms with Crippen molar-refractivity contribution in [3.05, 3.63) is 36.3 Å². The molecule has 1 aromatic carbocycles. The third kappa shape index (κ3) is 2.19. The number of rotatable bonds is 3. The summed E-state index contributed by atoms with van der Waals surface area (Å²) in [5.74, 6) is 0.249. The van der Waals surface area contributed by atoms with Crippen molar-refractivity contribution in [3.8, 4) is 23.0 Å². The van der Waals surface area contributed by atoms with Gasteiger partial charge in [0.1, 0.15) is 5.82 Å². The average Bonchev–Trinajstić information content (AvgIpc) is 3.05. The zero-order valence-corrected chi connectivity index (χ0v) is 10.9. The van der Waals surface area contributed by atoms with Crippen LogP contribution in [0.1, 0.15) is 6.04 Å². The number of hydrogen-bond donors (Lipinski definition) is 1. The predicted molar refractivity (Wildman–Crippen MR) is 70.6 cm³/mol. The molecular formula is C13H11FN6O. The van der Waals surface area contributed by atoms with Gasteiger partial charge in [-0.2, -0.15) is 4.98 Å². The number of nitrogens with zero attached hydrogens (tertiary/aromatic N) is 5. The standard InChI is InChI=1S/C13H11FN6O/c14-9-3-1-2-8(4-9)12-16-13(21-18-12)11-7-20(19-17-11)10-5-15-6-10/h1-4,7,10,15H,5-6H2. The maximum atomic E-state index is 13.2. The van der Waals surface area contributed by atoms with Gasteiger partial charge in [0, 0.05) is 18.7 Å². The van der Waals surface area contributed by atoms with E-state index in [0.29, 0.717) is 23.1 Å². The number of aromatic nitrogens is 5. The molecule has 0 spiro atoms. The molecule has 7 nitrogen and oxygen atoms in total. The van der Waals surface area contributed by atoms with Crippen molar-refractivity contribution in [2.75, 3.05) is 13.1 Å². The smallest absolute Gasteiger partial charge is 0.280 e. The summed E-state index contributed by atoms with van der Waals surface area (Å²) in [5, 5.41) is 15.1. The first-order chi connectivity index (χ1) is 10.3. The Bertz CT molecular complexity index is 778. The van der Waals surface area contributed by atoms with Crippen LogP contribution in [-0.2, 0) is 0 Å². The molecule has 3 aromatic rings. The summed E-state index contributed by atoms with van der Waals surface area (Å²) in [6.07, 6.45) is 1.77. The number of halogens is 1. The molecule has 0 aliphatic carbocycles. The largest absolute Gasteiger partial charge is 0.332 e. The van der Waals surface area contributed by atoms with Gasteiger partial charge in [-0.3, -0.25) is 0 Å². The van der Waals surface area contributed by atoms with E-state index in [1.54, 1.807) is 23.0 Å². The van der Waals surface area contributed by atoms with Crippen molar-refractivity contribution in [1.82, 2.24) is 30.5 Å². The van der Waals surface area contributed by atoms with E-state index >= 15 is 0 Å².